The van der Waals surface area contributed by atoms with Crippen molar-refractivity contribution in [2.24, 2.45) is 0 Å². The summed E-state index contributed by atoms with van der Waals surface area (Å²) in [5.41, 5.74) is 1.09. The van der Waals surface area contributed by atoms with Gasteiger partial charge in [-0.1, -0.05) is 30.7 Å². The molecule has 0 bridgehead atoms. The van der Waals surface area contributed by atoms with Gasteiger partial charge >= 0.3 is 0 Å². The molecular formula is C88H160N28O18. The first-order valence-corrected chi connectivity index (χ1v) is 48.0. The Morgan fingerprint density at radius 1 is 0.284 bits per heavy atom. The number of carbonyl (C=O) groups is 16. The minimum atomic E-state index is -1.18. The van der Waals surface area contributed by atoms with E-state index in [9.17, 15) is 76.7 Å². The van der Waals surface area contributed by atoms with Crippen LogP contribution in [0.3, 0.4) is 0 Å². The standard InChI is InChI=1S/C56H99N19O12.C32H61N9O6/c1-7-24-60-47(76)20-22-49(78)62-35-41-37-74(72-70-41)29-31-86-33-34-87-32-30-75-38-42(71-73-75)36-63-50(79)23-21-48(77)61-28-15-11-19-46-56(85)68-44(17-9-13-26-58-5)54(83)65-39(2)51(80)66-43(16-8-12-25-57-4)53(82)64-40(3)52(81)67-45(55(84)69-46)18-10-14-27-59-6;1-7-14-23-31(46)41-25(16-9-12-19-34-5)30(45)37-21(2)27(42)38-24(15-8-11-18-33-4)29(44)36-22(3)28(43)39-26(32(47)40-23)17-10-13-20-35-6/h37-40,43-46,57-59H,7-36H2,1-6H3,(H,60,76)(H,61,77)(H,62,78)(H,63,79)(H,64,82)(H,65,83)(H,66,80)(H,67,81)(H,68,85)(H,69,84);21-26,33-35H,7-20H2,1-6H3,(H,36,44)(H,37,45)(H,38,42)(H,39,43)(H,40,47)(H,41,46)/t39-,40-,43+,44+,45+,46-;21-,22-,23-,24+,25+,26+/m11/s1. The van der Waals surface area contributed by atoms with Crippen LogP contribution in [0.15, 0.2) is 12.4 Å². The molecule has 4 rings (SSSR count). The Labute approximate surface area is 789 Å². The molecule has 2 aliphatic heterocycles. The smallest absolute Gasteiger partial charge is 0.243 e. The van der Waals surface area contributed by atoms with Crippen molar-refractivity contribution in [3.63, 3.8) is 0 Å². The Bertz CT molecular complexity index is 3820. The van der Waals surface area contributed by atoms with Crippen LogP contribution in [0.1, 0.15) is 233 Å². The van der Waals surface area contributed by atoms with Crippen LogP contribution in [0, 0.1) is 0 Å². The summed E-state index contributed by atoms with van der Waals surface area (Å²) in [5.74, 6) is -8.16. The number of unbranched alkanes of at least 4 members (excludes halogenated alkanes) is 7. The van der Waals surface area contributed by atoms with Crippen LogP contribution >= 0.6 is 0 Å². The fraction of sp³-hybridized carbons (Fsp3) is 0.773. The summed E-state index contributed by atoms with van der Waals surface area (Å²) in [7, 11) is 10.9. The first-order chi connectivity index (χ1) is 64.4. The largest absolute Gasteiger partial charge is 0.377 e. The number of aromatic nitrogens is 6. The molecule has 0 aliphatic carbocycles. The van der Waals surface area contributed by atoms with Crippen molar-refractivity contribution in [1.82, 2.24) is 147 Å². The van der Waals surface area contributed by atoms with Crippen molar-refractivity contribution in [1.29, 1.82) is 0 Å². The Hall–Kier alpha value is -10.5. The van der Waals surface area contributed by atoms with Gasteiger partial charge < -0.3 is 126 Å². The van der Waals surface area contributed by atoms with Gasteiger partial charge in [-0.15, -0.1) is 10.2 Å². The molecule has 0 saturated carbocycles. The van der Waals surface area contributed by atoms with Gasteiger partial charge in [0.2, 0.25) is 94.5 Å². The predicted molar refractivity (Wildman–Crippen MR) is 501 cm³/mol. The van der Waals surface area contributed by atoms with Crippen LogP contribution in [0.5, 0.6) is 0 Å². The maximum Gasteiger partial charge on any atom is 0.243 e. The van der Waals surface area contributed by atoms with E-state index in [2.05, 4.69) is 138 Å². The van der Waals surface area contributed by atoms with E-state index in [1.807, 2.05) is 35.0 Å². The van der Waals surface area contributed by atoms with E-state index in [0.717, 1.165) is 45.3 Å². The van der Waals surface area contributed by atoms with Crippen molar-refractivity contribution < 1.29 is 86.2 Å². The average molecular weight is 1900 g/mol. The van der Waals surface area contributed by atoms with E-state index in [4.69, 9.17) is 9.47 Å². The van der Waals surface area contributed by atoms with Crippen molar-refractivity contribution >= 4 is 94.5 Å². The van der Waals surface area contributed by atoms with Gasteiger partial charge in [0, 0.05) is 38.8 Å². The Morgan fingerprint density at radius 3 is 0.754 bits per heavy atom. The molecule has 4 heterocycles. The van der Waals surface area contributed by atoms with Crippen molar-refractivity contribution in [3.05, 3.63) is 23.8 Å². The second-order valence-electron chi connectivity index (χ2n) is 33.7. The molecule has 0 aromatic carbocycles. The summed E-state index contributed by atoms with van der Waals surface area (Å²) in [6.07, 6.45) is 15.4. The molecule has 46 nitrogen and oxygen atoms in total. The predicted octanol–water partition coefficient (Wildman–Crippen LogP) is -3.74. The lowest BCUT2D eigenvalue weighted by Crippen LogP contribution is -2.60. The molecule has 16 amide bonds. The highest BCUT2D eigenvalue weighted by atomic mass is 16.5. The lowest BCUT2D eigenvalue weighted by Gasteiger charge is -2.28. The fourth-order valence-electron chi connectivity index (χ4n) is 14.0. The maximum atomic E-state index is 14.3. The zero-order chi connectivity index (χ0) is 98.8. The van der Waals surface area contributed by atoms with Gasteiger partial charge in [0.05, 0.1) is 65.0 Å². The first-order valence-electron chi connectivity index (χ1n) is 48.0. The van der Waals surface area contributed by atoms with Gasteiger partial charge in [0.25, 0.3) is 0 Å². The Morgan fingerprint density at radius 2 is 0.507 bits per heavy atom. The van der Waals surface area contributed by atoms with Crippen LogP contribution < -0.4 is 117 Å². The number of carbonyl (C=O) groups excluding carboxylic acids is 16. The maximum absolute atomic E-state index is 14.3. The third-order valence-corrected chi connectivity index (χ3v) is 22.0. The molecule has 2 fully saturated rings. The molecule has 22 N–H and O–H groups in total. The second kappa shape index (κ2) is 71.1. The molecular weight excluding hydrogens is 1740 g/mol. The van der Waals surface area contributed by atoms with E-state index in [1.54, 1.807) is 42.9 Å². The van der Waals surface area contributed by atoms with E-state index in [-0.39, 0.29) is 94.6 Å². The molecule has 0 unspecified atom stereocenters. The molecule has 2 aliphatic rings. The van der Waals surface area contributed by atoms with E-state index >= 15 is 0 Å². The molecule has 2 aromatic rings. The molecule has 0 spiro atoms. The number of nitrogens with one attached hydrogen (secondary N) is 22. The van der Waals surface area contributed by atoms with Crippen LogP contribution in [-0.4, -0.2) is 318 Å². The van der Waals surface area contributed by atoms with Gasteiger partial charge in [0.1, 0.15) is 83.9 Å². The highest BCUT2D eigenvalue weighted by Gasteiger charge is 2.37. The van der Waals surface area contributed by atoms with Gasteiger partial charge in [-0.25, -0.2) is 9.36 Å². The lowest BCUT2D eigenvalue weighted by atomic mass is 10.0. The average Bonchev–Trinajstić information content (AvgIpc) is 1.37. The first kappa shape index (κ1) is 118. The van der Waals surface area contributed by atoms with Crippen LogP contribution in [-0.2, 0) is 112 Å². The zero-order valence-corrected chi connectivity index (χ0v) is 81.2. The molecule has 46 heteroatoms. The van der Waals surface area contributed by atoms with E-state index in [0.29, 0.717) is 180 Å². The monoisotopic (exact) mass is 1900 g/mol. The van der Waals surface area contributed by atoms with Crippen molar-refractivity contribution in [2.45, 2.75) is 320 Å². The summed E-state index contributed by atoms with van der Waals surface area (Å²) in [4.78, 5) is 213. The highest BCUT2D eigenvalue weighted by Crippen LogP contribution is 2.15. The molecule has 2 aromatic heterocycles. The zero-order valence-electron chi connectivity index (χ0n) is 81.2. The summed E-state index contributed by atoms with van der Waals surface area (Å²) >= 11 is 0. The highest BCUT2D eigenvalue weighted by molar-refractivity contribution is 6.00. The summed E-state index contributed by atoms with van der Waals surface area (Å²) in [6, 6.07) is -12.5. The SMILES string of the molecule is CCCNC(=O)CCC(=O)NCc1cn(CCOCCOCCn2cc(CNC(=O)CCC(=O)NCCCC[C@H]3NC(=O)[C@H](CCCCNC)NC(=O)[C@@H](C)NC(=O)[C@H](CCCCNC)NC(=O)[C@@H](C)NC(=O)[C@H](CCCCNC)NC3=O)nn2)nn1.CCC[C@H]1NC(=O)[C@H](CCCCNC)NC(=O)[C@@H](C)NC(=O)[C@H](CCCCNC)NC(=O)[C@@H](C)NC(=O)[C@H](CCCCNC)NC1=O. The number of rotatable bonds is 58. The fourth-order valence-corrected chi connectivity index (χ4v) is 14.0. The summed E-state index contributed by atoms with van der Waals surface area (Å²) in [6.45, 7) is 17.3. The Kier molecular flexibility index (Phi) is 62.4. The minimum absolute atomic E-state index is 0.0869. The van der Waals surface area contributed by atoms with Gasteiger partial charge in [-0.2, -0.15) is 0 Å². The third kappa shape index (κ3) is 51.3. The second-order valence-corrected chi connectivity index (χ2v) is 33.7. The number of hydrogen-bond acceptors (Lipinski definition) is 28. The minimum Gasteiger partial charge on any atom is -0.377 e. The number of nitrogens with zero attached hydrogens (tertiary/aromatic N) is 6. The molecule has 760 valence electrons. The van der Waals surface area contributed by atoms with Crippen molar-refractivity contribution in [3.8, 4) is 0 Å². The molecule has 134 heavy (non-hydrogen) atoms. The topological polar surface area (TPSA) is 618 Å². The van der Waals surface area contributed by atoms with E-state index in [1.165, 1.54) is 27.7 Å². The molecule has 12 atom stereocenters. The van der Waals surface area contributed by atoms with Crippen LogP contribution in [0.2, 0.25) is 0 Å². The van der Waals surface area contributed by atoms with Gasteiger partial charge in [-0.05, 0) is 257 Å². The normalized spacial score (nSPS) is 21.2. The number of ether oxygens (including phenoxy) is 2. The molecule has 0 radical (unpaired) electrons. The van der Waals surface area contributed by atoms with Gasteiger partial charge in [0.15, 0.2) is 0 Å². The molecule has 2 saturated heterocycles. The summed E-state index contributed by atoms with van der Waals surface area (Å²) in [5, 5.41) is 78.6. The number of amides is 16. The number of hydrogen-bond donors (Lipinski definition) is 22. The summed E-state index contributed by atoms with van der Waals surface area (Å²) < 4.78 is 14.5. The van der Waals surface area contributed by atoms with Crippen molar-refractivity contribution in [2.75, 3.05) is 121 Å². The van der Waals surface area contributed by atoms with Gasteiger partial charge in [-0.3, -0.25) is 76.7 Å². The third-order valence-electron chi connectivity index (χ3n) is 22.0. The van der Waals surface area contributed by atoms with E-state index < -0.39 is 143 Å². The lowest BCUT2D eigenvalue weighted by molar-refractivity contribution is -0.136. The van der Waals surface area contributed by atoms with Crippen LogP contribution in [0.4, 0.5) is 0 Å². The Balaban J connectivity index is 0.000000828. The quantitative estimate of drug-likeness (QED) is 0.0283. The van der Waals surface area contributed by atoms with Crippen LogP contribution in [0.25, 0.3) is 0 Å².